The van der Waals surface area contributed by atoms with Crippen LogP contribution in [-0.2, 0) is 4.79 Å². The zero-order valence-corrected chi connectivity index (χ0v) is 17.0. The molecule has 0 unspecified atom stereocenters. The van der Waals surface area contributed by atoms with Gasteiger partial charge in [0, 0.05) is 24.3 Å². The van der Waals surface area contributed by atoms with Gasteiger partial charge in [0.2, 0.25) is 5.91 Å². The van der Waals surface area contributed by atoms with Crippen LogP contribution in [0.25, 0.3) is 0 Å². The lowest BCUT2D eigenvalue weighted by atomic mass is 10.1. The predicted octanol–water partition coefficient (Wildman–Crippen LogP) is 3.64. The van der Waals surface area contributed by atoms with Crippen LogP contribution in [0.3, 0.4) is 0 Å². The monoisotopic (exact) mass is 428 g/mol. The first kappa shape index (κ1) is 20.8. The molecule has 0 bridgehead atoms. The molecule has 8 nitrogen and oxygen atoms in total. The van der Waals surface area contributed by atoms with Crippen molar-refractivity contribution >= 4 is 40.8 Å². The van der Waals surface area contributed by atoms with E-state index in [0.29, 0.717) is 28.2 Å². The second-order valence-electron chi connectivity index (χ2n) is 7.09. The van der Waals surface area contributed by atoms with Crippen LogP contribution in [0, 0.1) is 0 Å². The number of fused-ring (bicyclic) bond motifs is 1. The van der Waals surface area contributed by atoms with Gasteiger partial charge in [-0.3, -0.25) is 14.4 Å². The second-order valence-corrected chi connectivity index (χ2v) is 7.09. The van der Waals surface area contributed by atoms with E-state index in [4.69, 9.17) is 0 Å². The van der Waals surface area contributed by atoms with Crippen molar-refractivity contribution < 1.29 is 19.2 Å². The molecule has 0 aliphatic carbocycles. The number of hydrogen-bond acceptors (Lipinski definition) is 4. The highest BCUT2D eigenvalue weighted by atomic mass is 16.2. The Balaban J connectivity index is 1.32. The van der Waals surface area contributed by atoms with E-state index in [1.807, 2.05) is 6.07 Å². The fraction of sp³-hybridized carbons (Fsp3) is 0.0833. The largest absolute Gasteiger partial charge is 0.337 e. The summed E-state index contributed by atoms with van der Waals surface area (Å²) in [5.41, 5.74) is 2.17. The van der Waals surface area contributed by atoms with Gasteiger partial charge in [0.1, 0.15) is 0 Å². The second kappa shape index (κ2) is 9.13. The van der Waals surface area contributed by atoms with Crippen LogP contribution in [0.5, 0.6) is 0 Å². The van der Waals surface area contributed by atoms with Gasteiger partial charge in [-0.15, -0.1) is 0 Å². The molecule has 0 saturated carbocycles. The third-order valence-electron chi connectivity index (χ3n) is 4.85. The topological polar surface area (TPSA) is 108 Å². The molecule has 32 heavy (non-hydrogen) atoms. The van der Waals surface area contributed by atoms with E-state index >= 15 is 0 Å². The summed E-state index contributed by atoms with van der Waals surface area (Å²) in [6.45, 7) is 0.141. The molecule has 5 amide bonds. The first-order chi connectivity index (χ1) is 15.5. The lowest BCUT2D eigenvalue weighted by molar-refractivity contribution is -0.116. The van der Waals surface area contributed by atoms with Gasteiger partial charge in [-0.2, -0.15) is 0 Å². The lowest BCUT2D eigenvalue weighted by Crippen LogP contribution is -2.31. The molecule has 4 rings (SSSR count). The van der Waals surface area contributed by atoms with Gasteiger partial charge in [-0.25, -0.2) is 9.69 Å². The zero-order chi connectivity index (χ0) is 22.5. The van der Waals surface area contributed by atoms with Crippen molar-refractivity contribution in [1.29, 1.82) is 0 Å². The number of nitrogens with one attached hydrogen (secondary N) is 3. The Morgan fingerprint density at radius 2 is 1.34 bits per heavy atom. The number of rotatable bonds is 6. The van der Waals surface area contributed by atoms with Crippen molar-refractivity contribution in [2.24, 2.45) is 0 Å². The molecule has 1 aliphatic rings. The van der Waals surface area contributed by atoms with E-state index in [9.17, 15) is 19.2 Å². The summed E-state index contributed by atoms with van der Waals surface area (Å²) in [4.78, 5) is 50.5. The zero-order valence-electron chi connectivity index (χ0n) is 17.0. The molecule has 1 heterocycles. The van der Waals surface area contributed by atoms with E-state index in [1.165, 1.54) is 0 Å². The van der Waals surface area contributed by atoms with Gasteiger partial charge in [0.05, 0.1) is 16.8 Å². The predicted molar refractivity (Wildman–Crippen MR) is 121 cm³/mol. The number of amides is 5. The first-order valence-corrected chi connectivity index (χ1v) is 10.0. The van der Waals surface area contributed by atoms with Crippen molar-refractivity contribution in [1.82, 2.24) is 5.32 Å². The summed E-state index contributed by atoms with van der Waals surface area (Å²) in [6, 6.07) is 21.7. The Morgan fingerprint density at radius 1 is 0.719 bits per heavy atom. The highest BCUT2D eigenvalue weighted by Crippen LogP contribution is 2.29. The maximum absolute atomic E-state index is 12.6. The molecular weight excluding hydrogens is 408 g/mol. The van der Waals surface area contributed by atoms with Crippen LogP contribution in [0.4, 0.5) is 21.9 Å². The molecule has 8 heteroatoms. The average Bonchev–Trinajstić information content (AvgIpc) is 3.05. The highest BCUT2D eigenvalue weighted by molar-refractivity contribution is 6.34. The molecule has 0 spiro atoms. The summed E-state index contributed by atoms with van der Waals surface area (Å²) < 4.78 is 0. The van der Waals surface area contributed by atoms with Crippen molar-refractivity contribution in [2.75, 3.05) is 22.1 Å². The molecule has 0 saturated heterocycles. The van der Waals surface area contributed by atoms with Crippen LogP contribution in [0.15, 0.2) is 78.9 Å². The fourth-order valence-electron chi connectivity index (χ4n) is 3.36. The summed E-state index contributed by atoms with van der Waals surface area (Å²) in [5, 5.41) is 8.01. The van der Waals surface area contributed by atoms with Crippen molar-refractivity contribution in [3.05, 3.63) is 90.0 Å². The molecule has 0 radical (unpaired) electrons. The smallest absolute Gasteiger partial charge is 0.319 e. The highest BCUT2D eigenvalue weighted by Gasteiger charge is 2.36. The molecule has 160 valence electrons. The standard InChI is InChI=1S/C24H20N4O4/c29-21(13-14-25-24(32)27-16-7-2-1-3-8-16)26-17-9-6-10-18(15-17)28-22(30)19-11-4-5-12-20(19)23(28)31/h1-12,15H,13-14H2,(H,26,29)(H2,25,27,32). The maximum atomic E-state index is 12.6. The minimum atomic E-state index is -0.406. The number of carbonyl (C=O) groups is 4. The van der Waals surface area contributed by atoms with E-state index in [-0.39, 0.29) is 18.9 Å². The van der Waals surface area contributed by atoms with Crippen LogP contribution >= 0.6 is 0 Å². The number of benzene rings is 3. The Bertz CT molecular complexity index is 1160. The van der Waals surface area contributed by atoms with Crippen LogP contribution < -0.4 is 20.9 Å². The van der Waals surface area contributed by atoms with E-state index < -0.39 is 17.8 Å². The van der Waals surface area contributed by atoms with E-state index in [1.54, 1.807) is 72.8 Å². The van der Waals surface area contributed by atoms with Gasteiger partial charge in [0.25, 0.3) is 11.8 Å². The van der Waals surface area contributed by atoms with E-state index in [0.717, 1.165) is 4.90 Å². The number of carbonyl (C=O) groups excluding carboxylic acids is 4. The van der Waals surface area contributed by atoms with Gasteiger partial charge in [-0.1, -0.05) is 36.4 Å². The fourth-order valence-corrected chi connectivity index (χ4v) is 3.36. The average molecular weight is 428 g/mol. The first-order valence-electron chi connectivity index (χ1n) is 10.0. The lowest BCUT2D eigenvalue weighted by Gasteiger charge is -2.15. The molecule has 0 atom stereocenters. The molecule has 3 aromatic rings. The quantitative estimate of drug-likeness (QED) is 0.521. The molecule has 0 aromatic heterocycles. The van der Waals surface area contributed by atoms with Crippen molar-refractivity contribution in [2.45, 2.75) is 6.42 Å². The number of urea groups is 1. The maximum Gasteiger partial charge on any atom is 0.319 e. The molecule has 3 aromatic carbocycles. The number of nitrogens with zero attached hydrogens (tertiary/aromatic N) is 1. The Morgan fingerprint density at radius 3 is 2.03 bits per heavy atom. The number of para-hydroxylation sites is 1. The Kier molecular flexibility index (Phi) is 5.94. The minimum absolute atomic E-state index is 0.0550. The van der Waals surface area contributed by atoms with Gasteiger partial charge >= 0.3 is 6.03 Å². The third kappa shape index (κ3) is 4.49. The molecule has 3 N–H and O–H groups in total. The molecular formula is C24H20N4O4. The molecule has 0 fully saturated rings. The molecule has 1 aliphatic heterocycles. The van der Waals surface area contributed by atoms with Crippen molar-refractivity contribution in [3.63, 3.8) is 0 Å². The van der Waals surface area contributed by atoms with Gasteiger partial charge in [-0.05, 0) is 42.5 Å². The van der Waals surface area contributed by atoms with Crippen LogP contribution in [-0.4, -0.2) is 30.3 Å². The van der Waals surface area contributed by atoms with Crippen molar-refractivity contribution in [3.8, 4) is 0 Å². The summed E-state index contributed by atoms with van der Waals surface area (Å²) >= 11 is 0. The normalized spacial score (nSPS) is 12.3. The number of hydrogen-bond donors (Lipinski definition) is 3. The minimum Gasteiger partial charge on any atom is -0.337 e. The number of imide groups is 1. The van der Waals surface area contributed by atoms with E-state index in [2.05, 4.69) is 16.0 Å². The summed E-state index contributed by atoms with van der Waals surface area (Å²) in [5.74, 6) is -1.12. The van der Waals surface area contributed by atoms with Crippen LogP contribution in [0.2, 0.25) is 0 Å². The Labute approximate surface area is 184 Å². The number of anilines is 3. The Hall–Kier alpha value is -4.46. The SMILES string of the molecule is O=C(CCNC(=O)Nc1ccccc1)Nc1cccc(N2C(=O)c3ccccc3C2=O)c1. The summed E-state index contributed by atoms with van der Waals surface area (Å²) in [6.07, 6.45) is 0.0550. The summed E-state index contributed by atoms with van der Waals surface area (Å²) in [7, 11) is 0. The van der Waals surface area contributed by atoms with Gasteiger partial charge < -0.3 is 16.0 Å². The van der Waals surface area contributed by atoms with Crippen LogP contribution in [0.1, 0.15) is 27.1 Å². The third-order valence-corrected chi connectivity index (χ3v) is 4.85. The van der Waals surface area contributed by atoms with Gasteiger partial charge in [0.15, 0.2) is 0 Å².